The lowest BCUT2D eigenvalue weighted by molar-refractivity contribution is 0.276. The van der Waals surface area contributed by atoms with Gasteiger partial charge in [-0.1, -0.05) is 13.8 Å². The summed E-state index contributed by atoms with van der Waals surface area (Å²) >= 11 is 0. The number of aliphatic imine (C=N–C) groups is 1. The third-order valence-electron chi connectivity index (χ3n) is 4.63. The fourth-order valence-electron chi connectivity index (χ4n) is 2.99. The van der Waals surface area contributed by atoms with E-state index in [4.69, 9.17) is 0 Å². The van der Waals surface area contributed by atoms with Crippen LogP contribution < -0.4 is 5.32 Å². The molecule has 2 rings (SSSR count). The molecule has 1 fully saturated rings. The summed E-state index contributed by atoms with van der Waals surface area (Å²) in [7, 11) is 1.87. The molecule has 0 aliphatic carbocycles. The summed E-state index contributed by atoms with van der Waals surface area (Å²) in [6.07, 6.45) is 7.58. The minimum absolute atomic E-state index is 0.486. The highest BCUT2D eigenvalue weighted by atomic mass is 15.3. The van der Waals surface area contributed by atoms with E-state index in [9.17, 15) is 0 Å². The van der Waals surface area contributed by atoms with Crippen molar-refractivity contribution in [2.75, 3.05) is 26.7 Å². The standard InChI is InChI=1S/C15H27N5/c1-4-15(5-2)7-11-19(13-15)14(16-3)17-9-12-20-10-6-8-18-20/h6,8,10H,4-5,7,9,11-13H2,1-3H3,(H,16,17). The second-order valence-electron chi connectivity index (χ2n) is 5.62. The number of nitrogens with zero attached hydrogens (tertiary/aromatic N) is 4. The molecule has 1 aromatic rings. The Kier molecular flexibility index (Phi) is 5.04. The third-order valence-corrected chi connectivity index (χ3v) is 4.63. The second-order valence-corrected chi connectivity index (χ2v) is 5.62. The molecule has 1 N–H and O–H groups in total. The van der Waals surface area contributed by atoms with E-state index in [1.807, 2.05) is 30.2 Å². The van der Waals surface area contributed by atoms with Gasteiger partial charge in [-0.15, -0.1) is 0 Å². The quantitative estimate of drug-likeness (QED) is 0.661. The van der Waals surface area contributed by atoms with Crippen LogP contribution in [0.15, 0.2) is 23.5 Å². The summed E-state index contributed by atoms with van der Waals surface area (Å²) in [6, 6.07) is 1.95. The Morgan fingerprint density at radius 2 is 2.20 bits per heavy atom. The van der Waals surface area contributed by atoms with Crippen LogP contribution in [0.1, 0.15) is 33.1 Å². The Labute approximate surface area is 122 Å². The molecule has 0 unspecified atom stereocenters. The molecule has 20 heavy (non-hydrogen) atoms. The molecule has 112 valence electrons. The van der Waals surface area contributed by atoms with E-state index in [0.717, 1.165) is 32.1 Å². The molecule has 0 saturated carbocycles. The fraction of sp³-hybridized carbons (Fsp3) is 0.733. The molecule has 0 spiro atoms. The van der Waals surface area contributed by atoms with E-state index in [2.05, 4.69) is 34.2 Å². The maximum absolute atomic E-state index is 4.42. The van der Waals surface area contributed by atoms with Crippen molar-refractivity contribution in [2.24, 2.45) is 10.4 Å². The van der Waals surface area contributed by atoms with Gasteiger partial charge in [-0.25, -0.2) is 0 Å². The van der Waals surface area contributed by atoms with Crippen molar-refractivity contribution in [3.63, 3.8) is 0 Å². The Bertz CT molecular complexity index is 419. The first kappa shape index (κ1) is 14.9. The van der Waals surface area contributed by atoms with Crippen LogP contribution in [0.25, 0.3) is 0 Å². The lowest BCUT2D eigenvalue weighted by Gasteiger charge is -2.28. The third kappa shape index (κ3) is 3.32. The van der Waals surface area contributed by atoms with Gasteiger partial charge in [0, 0.05) is 39.1 Å². The largest absolute Gasteiger partial charge is 0.354 e. The Morgan fingerprint density at radius 3 is 2.75 bits per heavy atom. The minimum Gasteiger partial charge on any atom is -0.354 e. The molecule has 1 saturated heterocycles. The van der Waals surface area contributed by atoms with Crippen LogP contribution in [0.4, 0.5) is 0 Å². The fourth-order valence-corrected chi connectivity index (χ4v) is 2.99. The van der Waals surface area contributed by atoms with E-state index in [-0.39, 0.29) is 0 Å². The molecule has 1 aromatic heterocycles. The maximum atomic E-state index is 4.42. The average Bonchev–Trinajstić information content (AvgIpc) is 3.13. The summed E-state index contributed by atoms with van der Waals surface area (Å²) in [4.78, 5) is 6.82. The first-order chi connectivity index (χ1) is 9.73. The van der Waals surface area contributed by atoms with E-state index < -0.39 is 0 Å². The number of aromatic nitrogens is 2. The van der Waals surface area contributed by atoms with Crippen LogP contribution >= 0.6 is 0 Å². The minimum atomic E-state index is 0.486. The van der Waals surface area contributed by atoms with Gasteiger partial charge >= 0.3 is 0 Å². The number of rotatable bonds is 5. The zero-order valence-corrected chi connectivity index (χ0v) is 13.0. The van der Waals surface area contributed by atoms with Gasteiger partial charge in [0.2, 0.25) is 0 Å². The molecule has 0 atom stereocenters. The van der Waals surface area contributed by atoms with Gasteiger partial charge in [-0.2, -0.15) is 5.10 Å². The zero-order chi connectivity index (χ0) is 14.4. The average molecular weight is 277 g/mol. The Balaban J connectivity index is 1.84. The lowest BCUT2D eigenvalue weighted by atomic mass is 9.82. The highest BCUT2D eigenvalue weighted by Gasteiger charge is 2.36. The van der Waals surface area contributed by atoms with Crippen LogP contribution in [0.3, 0.4) is 0 Å². The van der Waals surface area contributed by atoms with Gasteiger partial charge in [-0.3, -0.25) is 9.67 Å². The predicted octanol–water partition coefficient (Wildman–Crippen LogP) is 1.97. The number of guanidine groups is 1. The molecule has 2 heterocycles. The van der Waals surface area contributed by atoms with Crippen molar-refractivity contribution in [3.05, 3.63) is 18.5 Å². The summed E-state index contributed by atoms with van der Waals surface area (Å²) in [5, 5.41) is 7.66. The molecule has 0 aromatic carbocycles. The maximum Gasteiger partial charge on any atom is 0.193 e. The van der Waals surface area contributed by atoms with Crippen molar-refractivity contribution >= 4 is 5.96 Å². The normalized spacial score (nSPS) is 18.6. The Morgan fingerprint density at radius 1 is 1.40 bits per heavy atom. The first-order valence-electron chi connectivity index (χ1n) is 7.66. The smallest absolute Gasteiger partial charge is 0.193 e. The van der Waals surface area contributed by atoms with E-state index in [0.29, 0.717) is 5.41 Å². The van der Waals surface area contributed by atoms with Crippen LogP contribution in [0.5, 0.6) is 0 Å². The summed E-state index contributed by atoms with van der Waals surface area (Å²) in [6.45, 7) is 8.58. The van der Waals surface area contributed by atoms with Gasteiger partial charge < -0.3 is 10.2 Å². The number of hydrogen-bond acceptors (Lipinski definition) is 2. The summed E-state index contributed by atoms with van der Waals surface area (Å²) in [5.74, 6) is 1.03. The molecular formula is C15H27N5. The topological polar surface area (TPSA) is 45.5 Å². The summed E-state index contributed by atoms with van der Waals surface area (Å²) in [5.41, 5.74) is 0.486. The van der Waals surface area contributed by atoms with Crippen LogP contribution in [0.2, 0.25) is 0 Å². The summed E-state index contributed by atoms with van der Waals surface area (Å²) < 4.78 is 1.94. The molecule has 5 heteroatoms. The molecule has 0 bridgehead atoms. The zero-order valence-electron chi connectivity index (χ0n) is 13.0. The lowest BCUT2D eigenvalue weighted by Crippen LogP contribution is -2.42. The molecule has 0 radical (unpaired) electrons. The molecule has 0 amide bonds. The van der Waals surface area contributed by atoms with Gasteiger partial charge in [0.05, 0.1) is 6.54 Å². The predicted molar refractivity (Wildman–Crippen MR) is 82.8 cm³/mol. The second kappa shape index (κ2) is 6.77. The van der Waals surface area contributed by atoms with Crippen molar-refractivity contribution in [1.82, 2.24) is 20.0 Å². The van der Waals surface area contributed by atoms with Crippen LogP contribution in [0, 0.1) is 5.41 Å². The highest BCUT2D eigenvalue weighted by Crippen LogP contribution is 2.36. The number of likely N-dealkylation sites (tertiary alicyclic amines) is 1. The monoisotopic (exact) mass is 277 g/mol. The van der Waals surface area contributed by atoms with E-state index in [1.165, 1.54) is 19.3 Å². The number of hydrogen-bond donors (Lipinski definition) is 1. The van der Waals surface area contributed by atoms with Crippen molar-refractivity contribution in [1.29, 1.82) is 0 Å². The van der Waals surface area contributed by atoms with Crippen molar-refractivity contribution in [3.8, 4) is 0 Å². The van der Waals surface area contributed by atoms with E-state index >= 15 is 0 Å². The van der Waals surface area contributed by atoms with Crippen LogP contribution in [-0.2, 0) is 6.54 Å². The first-order valence-corrected chi connectivity index (χ1v) is 7.66. The molecule has 5 nitrogen and oxygen atoms in total. The van der Waals surface area contributed by atoms with Gasteiger partial charge in [0.25, 0.3) is 0 Å². The van der Waals surface area contributed by atoms with Gasteiger partial charge in [0.15, 0.2) is 5.96 Å². The van der Waals surface area contributed by atoms with Crippen molar-refractivity contribution < 1.29 is 0 Å². The molecule has 1 aliphatic heterocycles. The van der Waals surface area contributed by atoms with Gasteiger partial charge in [-0.05, 0) is 30.7 Å². The van der Waals surface area contributed by atoms with Crippen LogP contribution in [-0.4, -0.2) is 47.3 Å². The Hall–Kier alpha value is -1.52. The SMILES string of the molecule is CCC1(CC)CCN(C(=NC)NCCn2cccn2)C1. The highest BCUT2D eigenvalue weighted by molar-refractivity contribution is 5.80. The van der Waals surface area contributed by atoms with Gasteiger partial charge in [0.1, 0.15) is 0 Å². The molecule has 1 aliphatic rings. The van der Waals surface area contributed by atoms with E-state index in [1.54, 1.807) is 0 Å². The number of nitrogens with one attached hydrogen (secondary N) is 1. The molecular weight excluding hydrogens is 250 g/mol. The van der Waals surface area contributed by atoms with Crippen molar-refractivity contribution in [2.45, 2.75) is 39.7 Å².